The van der Waals surface area contributed by atoms with Crippen molar-refractivity contribution in [2.24, 2.45) is 0 Å². The van der Waals surface area contributed by atoms with E-state index < -0.39 is 17.8 Å². The quantitative estimate of drug-likeness (QED) is 0.355. The summed E-state index contributed by atoms with van der Waals surface area (Å²) in [5.41, 5.74) is 1.49. The van der Waals surface area contributed by atoms with Crippen LogP contribution in [0.15, 0.2) is 36.2 Å². The molecule has 3 amide bonds. The minimum Gasteiger partial charge on any atom is -0.492 e. The Labute approximate surface area is 175 Å². The van der Waals surface area contributed by atoms with E-state index in [1.165, 1.54) is 19.3 Å². The molecule has 2 aromatic heterocycles. The van der Waals surface area contributed by atoms with Gasteiger partial charge in [-0.05, 0) is 31.1 Å². The zero-order chi connectivity index (χ0) is 21.5. The van der Waals surface area contributed by atoms with Gasteiger partial charge in [0, 0.05) is 17.7 Å². The van der Waals surface area contributed by atoms with Crippen LogP contribution in [0.1, 0.15) is 18.4 Å². The van der Waals surface area contributed by atoms with Crippen molar-refractivity contribution in [1.29, 1.82) is 0 Å². The summed E-state index contributed by atoms with van der Waals surface area (Å²) < 4.78 is 20.9. The molecule has 0 unspecified atom stereocenters. The second-order valence-electron chi connectivity index (χ2n) is 7.19. The molecule has 1 aliphatic carbocycles. The smallest absolute Gasteiger partial charge is 0.326 e. The normalized spacial score (nSPS) is 17.0. The summed E-state index contributed by atoms with van der Waals surface area (Å²) >= 11 is 0. The number of ether oxygens (including phenoxy) is 1. The SMILES string of the molecule is COc1c(F)cccc1Nc1cc(NC2CC2)n2ncc(/C=C3\NC(=O)NC3=O)c2n1. The van der Waals surface area contributed by atoms with E-state index in [9.17, 15) is 14.0 Å². The summed E-state index contributed by atoms with van der Waals surface area (Å²) in [6.45, 7) is 0. The first kappa shape index (κ1) is 18.9. The molecule has 31 heavy (non-hydrogen) atoms. The van der Waals surface area contributed by atoms with Crippen molar-refractivity contribution < 1.29 is 18.7 Å². The van der Waals surface area contributed by atoms with Crippen LogP contribution in [0.5, 0.6) is 5.75 Å². The molecule has 3 heterocycles. The Morgan fingerprint density at radius 3 is 2.84 bits per heavy atom. The third-order valence-electron chi connectivity index (χ3n) is 4.88. The Morgan fingerprint density at radius 1 is 1.29 bits per heavy atom. The molecule has 0 radical (unpaired) electrons. The Morgan fingerprint density at radius 2 is 2.13 bits per heavy atom. The zero-order valence-electron chi connectivity index (χ0n) is 16.4. The number of urea groups is 1. The van der Waals surface area contributed by atoms with Crippen molar-refractivity contribution in [3.63, 3.8) is 0 Å². The first-order valence-corrected chi connectivity index (χ1v) is 9.60. The van der Waals surface area contributed by atoms with Gasteiger partial charge in [-0.3, -0.25) is 10.1 Å². The Balaban J connectivity index is 1.59. The van der Waals surface area contributed by atoms with E-state index in [1.807, 2.05) is 0 Å². The highest BCUT2D eigenvalue weighted by atomic mass is 19.1. The van der Waals surface area contributed by atoms with Crippen LogP contribution in [0.2, 0.25) is 0 Å². The van der Waals surface area contributed by atoms with Crippen LogP contribution in [-0.4, -0.2) is 39.7 Å². The van der Waals surface area contributed by atoms with Gasteiger partial charge in [0.05, 0.1) is 19.0 Å². The largest absolute Gasteiger partial charge is 0.492 e. The number of anilines is 3. The number of carbonyl (C=O) groups is 2. The summed E-state index contributed by atoms with van der Waals surface area (Å²) in [7, 11) is 1.39. The Kier molecular flexibility index (Phi) is 4.42. The summed E-state index contributed by atoms with van der Waals surface area (Å²) in [5, 5.41) is 15.5. The molecular weight excluding hydrogens is 405 g/mol. The fraction of sp³-hybridized carbons (Fsp3) is 0.200. The van der Waals surface area contributed by atoms with Crippen molar-refractivity contribution in [2.45, 2.75) is 18.9 Å². The van der Waals surface area contributed by atoms with Gasteiger partial charge in [-0.2, -0.15) is 9.61 Å². The predicted molar refractivity (Wildman–Crippen MR) is 111 cm³/mol. The highest BCUT2D eigenvalue weighted by Gasteiger charge is 2.25. The summed E-state index contributed by atoms with van der Waals surface area (Å²) in [6, 6.07) is 6.08. The number of benzene rings is 1. The van der Waals surface area contributed by atoms with Gasteiger partial charge in [-0.15, -0.1) is 0 Å². The maximum absolute atomic E-state index is 14.1. The third-order valence-corrected chi connectivity index (χ3v) is 4.88. The summed E-state index contributed by atoms with van der Waals surface area (Å²) in [6.07, 6.45) is 5.16. The molecule has 1 saturated carbocycles. The molecule has 0 bridgehead atoms. The fourth-order valence-corrected chi connectivity index (χ4v) is 3.28. The van der Waals surface area contributed by atoms with E-state index in [-0.39, 0.29) is 11.4 Å². The average Bonchev–Trinajstić information content (AvgIpc) is 3.37. The molecule has 5 rings (SSSR count). The molecular formula is C20H18FN7O3. The molecule has 1 aromatic carbocycles. The number of hydrogen-bond donors (Lipinski definition) is 4. The molecule has 1 aliphatic heterocycles. The third kappa shape index (κ3) is 3.61. The van der Waals surface area contributed by atoms with Gasteiger partial charge in [0.15, 0.2) is 17.2 Å². The van der Waals surface area contributed by atoms with Crippen molar-refractivity contribution in [3.8, 4) is 5.75 Å². The summed E-state index contributed by atoms with van der Waals surface area (Å²) in [4.78, 5) is 27.9. The first-order valence-electron chi connectivity index (χ1n) is 9.60. The number of imide groups is 1. The molecule has 3 aromatic rings. The summed E-state index contributed by atoms with van der Waals surface area (Å²) in [5.74, 6) is 0.165. The molecule has 2 aliphatic rings. The first-order chi connectivity index (χ1) is 15.0. The number of nitrogens with one attached hydrogen (secondary N) is 4. The second kappa shape index (κ2) is 7.27. The predicted octanol–water partition coefficient (Wildman–Crippen LogP) is 2.38. The van der Waals surface area contributed by atoms with Crippen molar-refractivity contribution >= 4 is 41.0 Å². The maximum atomic E-state index is 14.1. The van der Waals surface area contributed by atoms with E-state index >= 15 is 0 Å². The topological polar surface area (TPSA) is 122 Å². The van der Waals surface area contributed by atoms with Crippen LogP contribution < -0.4 is 26.0 Å². The molecule has 11 heteroatoms. The second-order valence-corrected chi connectivity index (χ2v) is 7.19. The van der Waals surface area contributed by atoms with Crippen molar-refractivity contribution in [3.05, 3.63) is 47.5 Å². The minimum atomic E-state index is -0.586. The number of carbonyl (C=O) groups excluding carboxylic acids is 2. The lowest BCUT2D eigenvalue weighted by atomic mass is 10.2. The lowest BCUT2D eigenvalue weighted by Crippen LogP contribution is -2.22. The molecule has 0 spiro atoms. The number of hydrogen-bond acceptors (Lipinski definition) is 7. The van der Waals surface area contributed by atoms with E-state index in [0.717, 1.165) is 12.8 Å². The van der Waals surface area contributed by atoms with Crippen LogP contribution in [0.25, 0.3) is 11.7 Å². The molecule has 0 atom stereocenters. The Hall–Kier alpha value is -4.15. The van der Waals surface area contributed by atoms with Gasteiger partial charge in [-0.25, -0.2) is 14.2 Å². The van der Waals surface area contributed by atoms with Crippen LogP contribution in [0.3, 0.4) is 0 Å². The van der Waals surface area contributed by atoms with Crippen LogP contribution in [-0.2, 0) is 4.79 Å². The number of amides is 3. The molecule has 1 saturated heterocycles. The maximum Gasteiger partial charge on any atom is 0.326 e. The lowest BCUT2D eigenvalue weighted by Gasteiger charge is -2.14. The zero-order valence-corrected chi connectivity index (χ0v) is 16.4. The number of fused-ring (bicyclic) bond motifs is 1. The molecule has 10 nitrogen and oxygen atoms in total. The van der Waals surface area contributed by atoms with Crippen molar-refractivity contribution in [2.75, 3.05) is 17.7 Å². The van der Waals surface area contributed by atoms with Gasteiger partial charge in [0.1, 0.15) is 17.3 Å². The van der Waals surface area contributed by atoms with Gasteiger partial charge in [0.2, 0.25) is 0 Å². The molecule has 4 N–H and O–H groups in total. The van der Waals surface area contributed by atoms with Gasteiger partial charge in [-0.1, -0.05) is 6.07 Å². The number of nitrogens with zero attached hydrogens (tertiary/aromatic N) is 3. The fourth-order valence-electron chi connectivity index (χ4n) is 3.28. The van der Waals surface area contributed by atoms with E-state index in [1.54, 1.807) is 28.9 Å². The van der Waals surface area contributed by atoms with E-state index in [0.29, 0.717) is 34.6 Å². The monoisotopic (exact) mass is 423 g/mol. The van der Waals surface area contributed by atoms with E-state index in [2.05, 4.69) is 31.3 Å². The van der Waals surface area contributed by atoms with Gasteiger partial charge < -0.3 is 20.7 Å². The number of para-hydroxylation sites is 1. The van der Waals surface area contributed by atoms with Crippen LogP contribution in [0, 0.1) is 5.82 Å². The molecule has 158 valence electrons. The highest BCUT2D eigenvalue weighted by Crippen LogP contribution is 2.32. The van der Waals surface area contributed by atoms with Gasteiger partial charge >= 0.3 is 6.03 Å². The average molecular weight is 423 g/mol. The number of rotatable bonds is 6. The number of halogens is 1. The van der Waals surface area contributed by atoms with Gasteiger partial charge in [0.25, 0.3) is 5.91 Å². The highest BCUT2D eigenvalue weighted by molar-refractivity contribution is 6.14. The number of aromatic nitrogens is 3. The minimum absolute atomic E-state index is 0.0714. The van der Waals surface area contributed by atoms with E-state index in [4.69, 9.17) is 4.74 Å². The standard InChI is InChI=1S/C20H18FN7O3/c1-31-17-12(21)3-2-4-13(17)24-15-8-16(23-11-5-6-11)28-18(26-15)10(9-22-28)7-14-19(29)27-20(30)25-14/h2-4,7-9,11,23H,5-6H2,1H3,(H,24,26)(H2,25,27,29,30)/b14-7-. The number of methoxy groups -OCH3 is 1. The van der Waals surface area contributed by atoms with Crippen LogP contribution >= 0.6 is 0 Å². The van der Waals surface area contributed by atoms with Crippen molar-refractivity contribution in [1.82, 2.24) is 25.2 Å². The van der Waals surface area contributed by atoms with Crippen LogP contribution in [0.4, 0.5) is 26.5 Å². The Bertz CT molecular complexity index is 1250. The molecule has 2 fully saturated rings. The lowest BCUT2D eigenvalue weighted by molar-refractivity contribution is -0.115.